The van der Waals surface area contributed by atoms with Gasteiger partial charge >= 0.3 is 0 Å². The van der Waals surface area contributed by atoms with E-state index < -0.39 is 0 Å². The summed E-state index contributed by atoms with van der Waals surface area (Å²) in [5, 5.41) is 3.04. The van der Waals surface area contributed by atoms with Crippen LogP contribution in [0, 0.1) is 6.92 Å². The summed E-state index contributed by atoms with van der Waals surface area (Å²) in [4.78, 5) is 10.5. The first-order valence-electron chi connectivity index (χ1n) is 2.90. The van der Waals surface area contributed by atoms with Gasteiger partial charge in [-0.05, 0) is 19.4 Å². The zero-order chi connectivity index (χ0) is 5.98. The van der Waals surface area contributed by atoms with E-state index in [1.165, 1.54) is 0 Å². The number of ketones is 1. The summed E-state index contributed by atoms with van der Waals surface area (Å²) in [6.45, 7) is 4.30. The van der Waals surface area contributed by atoms with Crippen molar-refractivity contribution in [3.63, 3.8) is 0 Å². The molecule has 0 bridgehead atoms. The lowest BCUT2D eigenvalue weighted by Crippen LogP contribution is -2.28. The molecule has 45 valence electrons. The van der Waals surface area contributed by atoms with Crippen molar-refractivity contribution in [2.75, 3.05) is 6.54 Å². The monoisotopic (exact) mass is 112 g/mol. The van der Waals surface area contributed by atoms with E-state index in [2.05, 4.69) is 12.2 Å². The lowest BCUT2D eigenvalue weighted by molar-refractivity contribution is -0.116. The maximum absolute atomic E-state index is 10.5. The maximum atomic E-state index is 10.5. The van der Waals surface area contributed by atoms with Crippen LogP contribution >= 0.6 is 0 Å². The molecule has 1 radical (unpaired) electrons. The number of Topliss-reactive ketones (excluding diaryl/α,β-unsaturated/α-hetero) is 1. The van der Waals surface area contributed by atoms with Crippen LogP contribution in [-0.4, -0.2) is 18.4 Å². The fourth-order valence-corrected chi connectivity index (χ4v) is 0.959. The van der Waals surface area contributed by atoms with E-state index in [1.807, 2.05) is 0 Å². The zero-order valence-electron chi connectivity index (χ0n) is 4.81. The summed E-state index contributed by atoms with van der Waals surface area (Å²) >= 11 is 0. The van der Waals surface area contributed by atoms with Crippen LogP contribution in [0.3, 0.4) is 0 Å². The van der Waals surface area contributed by atoms with Gasteiger partial charge in [-0.1, -0.05) is 0 Å². The minimum atomic E-state index is 0.0301. The van der Waals surface area contributed by atoms with E-state index >= 15 is 0 Å². The molecule has 1 heterocycles. The van der Waals surface area contributed by atoms with Crippen molar-refractivity contribution in [3.05, 3.63) is 6.92 Å². The minimum absolute atomic E-state index is 0.0301. The van der Waals surface area contributed by atoms with Crippen LogP contribution in [0.4, 0.5) is 0 Å². The number of hydrogen-bond acceptors (Lipinski definition) is 2. The Hall–Kier alpha value is -0.370. The van der Waals surface area contributed by atoms with Gasteiger partial charge in [-0.2, -0.15) is 0 Å². The van der Waals surface area contributed by atoms with Crippen molar-refractivity contribution in [1.82, 2.24) is 5.32 Å². The largest absolute Gasteiger partial charge is 0.307 e. The zero-order valence-corrected chi connectivity index (χ0v) is 4.81. The van der Waals surface area contributed by atoms with Crippen LogP contribution in [0.5, 0.6) is 0 Å². The molecule has 0 unspecified atom stereocenters. The lowest BCUT2D eigenvalue weighted by atomic mass is 10.2. The Morgan fingerprint density at radius 3 is 2.75 bits per heavy atom. The number of nitrogens with one attached hydrogen (secondary N) is 1. The molecule has 1 saturated heterocycles. The third kappa shape index (κ3) is 1.07. The van der Waals surface area contributed by atoms with E-state index in [0.717, 1.165) is 19.4 Å². The van der Waals surface area contributed by atoms with E-state index in [4.69, 9.17) is 0 Å². The summed E-state index contributed by atoms with van der Waals surface area (Å²) in [6.07, 6.45) is 2.09. The molecule has 1 fully saturated rings. The van der Waals surface area contributed by atoms with Crippen LogP contribution in [-0.2, 0) is 4.79 Å². The van der Waals surface area contributed by atoms with Crippen molar-refractivity contribution in [2.24, 2.45) is 0 Å². The Bertz CT molecular complexity index is 94.7. The molecule has 2 nitrogen and oxygen atoms in total. The normalized spacial score (nSPS) is 28.4. The predicted molar refractivity (Wildman–Crippen MR) is 31.4 cm³/mol. The molecule has 8 heavy (non-hydrogen) atoms. The van der Waals surface area contributed by atoms with Crippen molar-refractivity contribution in [2.45, 2.75) is 18.9 Å². The third-order valence-corrected chi connectivity index (χ3v) is 1.45. The Kier molecular flexibility index (Phi) is 1.63. The second kappa shape index (κ2) is 2.27. The summed E-state index contributed by atoms with van der Waals surface area (Å²) in [7, 11) is 0. The van der Waals surface area contributed by atoms with Gasteiger partial charge in [0.05, 0.1) is 6.04 Å². The highest BCUT2D eigenvalue weighted by atomic mass is 16.1. The standard InChI is InChI=1S/C6H10NO/c1-5(8)6-3-2-4-7-6/h6-7H,1-4H2/t6-/m0/s1. The molecule has 0 aromatic heterocycles. The van der Waals surface area contributed by atoms with Crippen LogP contribution in [0.1, 0.15) is 12.8 Å². The molecule has 1 rings (SSSR count). The SMILES string of the molecule is [CH2]C(=O)[C@@H]1CCCN1. The second-order valence-electron chi connectivity index (χ2n) is 2.12. The molecule has 0 aromatic rings. The third-order valence-electron chi connectivity index (χ3n) is 1.45. The number of rotatable bonds is 1. The van der Waals surface area contributed by atoms with Crippen molar-refractivity contribution < 1.29 is 4.79 Å². The van der Waals surface area contributed by atoms with Gasteiger partial charge in [0.2, 0.25) is 0 Å². The van der Waals surface area contributed by atoms with Crippen LogP contribution in [0.2, 0.25) is 0 Å². The highest BCUT2D eigenvalue weighted by molar-refractivity contribution is 5.87. The average Bonchev–Trinajstić information content (AvgIpc) is 2.12. The number of carbonyl (C=O) groups excluding carboxylic acids is 1. The van der Waals surface area contributed by atoms with Gasteiger partial charge in [-0.3, -0.25) is 4.79 Å². The van der Waals surface area contributed by atoms with Gasteiger partial charge in [0.15, 0.2) is 0 Å². The molecule has 1 N–H and O–H groups in total. The summed E-state index contributed by atoms with van der Waals surface area (Å²) in [5.74, 6) is 0.0301. The van der Waals surface area contributed by atoms with Crippen LogP contribution in [0.15, 0.2) is 0 Å². The van der Waals surface area contributed by atoms with Gasteiger partial charge < -0.3 is 5.32 Å². The smallest absolute Gasteiger partial charge is 0.150 e. The van der Waals surface area contributed by atoms with E-state index in [0.29, 0.717) is 0 Å². The van der Waals surface area contributed by atoms with Crippen molar-refractivity contribution >= 4 is 5.78 Å². The van der Waals surface area contributed by atoms with E-state index in [-0.39, 0.29) is 11.8 Å². The number of hydrogen-bond donors (Lipinski definition) is 1. The molecule has 1 aliphatic heterocycles. The van der Waals surface area contributed by atoms with E-state index in [9.17, 15) is 4.79 Å². The molecule has 1 atom stereocenters. The Labute approximate surface area is 49.3 Å². The quantitative estimate of drug-likeness (QED) is 0.523. The van der Waals surface area contributed by atoms with Crippen LogP contribution < -0.4 is 5.32 Å². The Balaban J connectivity index is 2.35. The van der Waals surface area contributed by atoms with Gasteiger partial charge in [0.1, 0.15) is 5.78 Å². The van der Waals surface area contributed by atoms with Gasteiger partial charge in [0.25, 0.3) is 0 Å². The molecule has 0 amide bonds. The minimum Gasteiger partial charge on any atom is -0.307 e. The Morgan fingerprint density at radius 1 is 1.75 bits per heavy atom. The molecule has 0 spiro atoms. The molecule has 0 saturated carbocycles. The highest BCUT2D eigenvalue weighted by Crippen LogP contribution is 2.04. The molecular formula is C6H10NO. The fraction of sp³-hybridized carbons (Fsp3) is 0.667. The second-order valence-corrected chi connectivity index (χ2v) is 2.12. The fourth-order valence-electron chi connectivity index (χ4n) is 0.959. The van der Waals surface area contributed by atoms with Gasteiger partial charge in [-0.25, -0.2) is 0 Å². The summed E-state index contributed by atoms with van der Waals surface area (Å²) in [5.41, 5.74) is 0. The first-order chi connectivity index (χ1) is 3.80. The highest BCUT2D eigenvalue weighted by Gasteiger charge is 2.17. The van der Waals surface area contributed by atoms with Gasteiger partial charge in [-0.15, -0.1) is 0 Å². The number of carbonyl (C=O) groups is 1. The Morgan fingerprint density at radius 2 is 2.50 bits per heavy atom. The average molecular weight is 112 g/mol. The summed E-state index contributed by atoms with van der Waals surface area (Å²) in [6, 6.07) is 0.0648. The molecule has 1 aliphatic rings. The van der Waals surface area contributed by atoms with Crippen molar-refractivity contribution in [3.8, 4) is 0 Å². The predicted octanol–water partition coefficient (Wildman–Crippen LogP) is 0.142. The van der Waals surface area contributed by atoms with E-state index in [1.54, 1.807) is 0 Å². The van der Waals surface area contributed by atoms with Crippen LogP contribution in [0.25, 0.3) is 0 Å². The topological polar surface area (TPSA) is 29.1 Å². The first-order valence-corrected chi connectivity index (χ1v) is 2.90. The maximum Gasteiger partial charge on any atom is 0.150 e. The van der Waals surface area contributed by atoms with Crippen molar-refractivity contribution in [1.29, 1.82) is 0 Å². The van der Waals surface area contributed by atoms with Gasteiger partial charge in [0, 0.05) is 6.92 Å². The first kappa shape index (κ1) is 5.76. The molecule has 2 heteroatoms. The lowest BCUT2D eigenvalue weighted by Gasteiger charge is -2.01. The molecule has 0 aliphatic carbocycles. The molecular weight excluding hydrogens is 102 g/mol. The summed E-state index contributed by atoms with van der Waals surface area (Å²) < 4.78 is 0. The molecule has 0 aromatic carbocycles.